The molecule has 0 spiro atoms. The van der Waals surface area contributed by atoms with E-state index in [1.807, 2.05) is 12.2 Å². The van der Waals surface area contributed by atoms with Gasteiger partial charge in [-0.2, -0.15) is 0 Å². The summed E-state index contributed by atoms with van der Waals surface area (Å²) < 4.78 is 0. The average Bonchev–Trinajstić information content (AvgIpc) is 2.99. The maximum Gasteiger partial charge on any atom is 0.178 e. The lowest BCUT2D eigenvalue weighted by atomic mass is 9.47. The summed E-state index contributed by atoms with van der Waals surface area (Å²) in [6.45, 7) is 12.0. The van der Waals surface area contributed by atoms with Gasteiger partial charge in [-0.25, -0.2) is 0 Å². The van der Waals surface area contributed by atoms with Crippen molar-refractivity contribution in [1.29, 1.82) is 0 Å². The van der Waals surface area contributed by atoms with E-state index in [1.54, 1.807) is 0 Å². The first kappa shape index (κ1) is 20.2. The SMILES string of the molecule is CC(C)=CCC[C@@H](C)[C@H]1CC[C@H]2[C@@H]3CCC4=CC(=O)C=C[C@]4(C)[C@H]3CC[C@]12C. The maximum atomic E-state index is 11.9. The van der Waals surface area contributed by atoms with Crippen LogP contribution in [0.4, 0.5) is 0 Å². The third kappa shape index (κ3) is 3.17. The van der Waals surface area contributed by atoms with Crippen LogP contribution in [-0.4, -0.2) is 5.78 Å². The molecule has 4 aliphatic rings. The fourth-order valence-corrected chi connectivity index (χ4v) is 8.01. The van der Waals surface area contributed by atoms with Crippen molar-refractivity contribution in [2.75, 3.05) is 0 Å². The van der Waals surface area contributed by atoms with Gasteiger partial charge < -0.3 is 0 Å². The molecule has 0 aromatic carbocycles. The van der Waals surface area contributed by atoms with Crippen LogP contribution in [0.3, 0.4) is 0 Å². The van der Waals surface area contributed by atoms with Crippen molar-refractivity contribution in [3.63, 3.8) is 0 Å². The summed E-state index contributed by atoms with van der Waals surface area (Å²) in [6, 6.07) is 0. The second-order valence-electron chi connectivity index (χ2n) is 11.2. The summed E-state index contributed by atoms with van der Waals surface area (Å²) in [5, 5.41) is 0. The van der Waals surface area contributed by atoms with E-state index >= 15 is 0 Å². The molecule has 0 aromatic rings. The molecule has 154 valence electrons. The van der Waals surface area contributed by atoms with Gasteiger partial charge in [0.05, 0.1) is 0 Å². The Morgan fingerprint density at radius 2 is 1.96 bits per heavy atom. The van der Waals surface area contributed by atoms with Gasteiger partial charge in [0.25, 0.3) is 0 Å². The van der Waals surface area contributed by atoms with E-state index in [2.05, 4.69) is 46.8 Å². The minimum Gasteiger partial charge on any atom is -0.290 e. The highest BCUT2D eigenvalue weighted by Gasteiger charge is 2.58. The van der Waals surface area contributed by atoms with Gasteiger partial charge in [0.1, 0.15) is 0 Å². The quantitative estimate of drug-likeness (QED) is 0.468. The molecular weight excluding hydrogens is 340 g/mol. The minimum atomic E-state index is 0.144. The van der Waals surface area contributed by atoms with E-state index in [4.69, 9.17) is 0 Å². The van der Waals surface area contributed by atoms with Gasteiger partial charge in [0, 0.05) is 5.41 Å². The molecule has 0 unspecified atom stereocenters. The van der Waals surface area contributed by atoms with Crippen LogP contribution >= 0.6 is 0 Å². The highest BCUT2D eigenvalue weighted by Crippen LogP contribution is 2.67. The van der Waals surface area contributed by atoms with Crippen LogP contribution in [0.5, 0.6) is 0 Å². The molecule has 0 amide bonds. The lowest BCUT2D eigenvalue weighted by Gasteiger charge is -2.57. The molecule has 0 bridgehead atoms. The van der Waals surface area contributed by atoms with Gasteiger partial charge in [0.2, 0.25) is 0 Å². The zero-order valence-electron chi connectivity index (χ0n) is 18.8. The number of carbonyl (C=O) groups excluding carboxylic acids is 1. The summed E-state index contributed by atoms with van der Waals surface area (Å²) in [5.74, 6) is 4.44. The van der Waals surface area contributed by atoms with E-state index in [0.717, 1.165) is 36.0 Å². The third-order valence-corrected chi connectivity index (χ3v) is 9.49. The van der Waals surface area contributed by atoms with Gasteiger partial charge in [-0.3, -0.25) is 4.79 Å². The molecule has 0 N–H and O–H groups in total. The Bertz CT molecular complexity index is 721. The summed E-state index contributed by atoms with van der Waals surface area (Å²) in [6.07, 6.45) is 19.2. The van der Waals surface area contributed by atoms with Crippen LogP contribution in [0.1, 0.15) is 86.0 Å². The van der Waals surface area contributed by atoms with Crippen LogP contribution in [0.25, 0.3) is 0 Å². The maximum absolute atomic E-state index is 11.9. The lowest BCUT2D eigenvalue weighted by molar-refractivity contribution is -0.111. The number of rotatable bonds is 4. The molecule has 3 saturated carbocycles. The van der Waals surface area contributed by atoms with Crippen LogP contribution in [0, 0.1) is 40.4 Å². The minimum absolute atomic E-state index is 0.144. The number of hydrogen-bond acceptors (Lipinski definition) is 1. The summed E-state index contributed by atoms with van der Waals surface area (Å²) in [7, 11) is 0. The Kier molecular flexibility index (Phi) is 5.26. The van der Waals surface area contributed by atoms with Crippen molar-refractivity contribution in [1.82, 2.24) is 0 Å². The molecule has 4 rings (SSSR count). The van der Waals surface area contributed by atoms with Gasteiger partial charge in [-0.05, 0) is 112 Å². The second kappa shape index (κ2) is 7.29. The molecule has 0 aliphatic heterocycles. The van der Waals surface area contributed by atoms with E-state index < -0.39 is 0 Å². The van der Waals surface area contributed by atoms with E-state index in [9.17, 15) is 4.79 Å². The number of fused-ring (bicyclic) bond motifs is 5. The highest BCUT2D eigenvalue weighted by atomic mass is 16.1. The molecule has 1 heteroatoms. The molecule has 0 heterocycles. The van der Waals surface area contributed by atoms with Crippen molar-refractivity contribution in [2.45, 2.75) is 86.0 Å². The van der Waals surface area contributed by atoms with Gasteiger partial charge in [0.15, 0.2) is 5.78 Å². The molecule has 28 heavy (non-hydrogen) atoms. The topological polar surface area (TPSA) is 17.1 Å². The van der Waals surface area contributed by atoms with Crippen LogP contribution in [-0.2, 0) is 4.79 Å². The van der Waals surface area contributed by atoms with Crippen molar-refractivity contribution in [2.24, 2.45) is 40.4 Å². The largest absolute Gasteiger partial charge is 0.290 e. The normalized spacial score (nSPS) is 42.9. The van der Waals surface area contributed by atoms with Crippen molar-refractivity contribution in [3.8, 4) is 0 Å². The van der Waals surface area contributed by atoms with Crippen LogP contribution in [0.15, 0.2) is 35.5 Å². The molecule has 0 aromatic heterocycles. The number of allylic oxidation sites excluding steroid dienone is 6. The first-order valence-corrected chi connectivity index (χ1v) is 11.8. The second-order valence-corrected chi connectivity index (χ2v) is 11.2. The first-order valence-electron chi connectivity index (χ1n) is 11.8. The van der Waals surface area contributed by atoms with Gasteiger partial charge >= 0.3 is 0 Å². The highest BCUT2D eigenvalue weighted by molar-refractivity contribution is 6.01. The molecule has 3 fully saturated rings. The predicted molar refractivity (Wildman–Crippen MR) is 118 cm³/mol. The number of ketones is 1. The molecule has 1 nitrogen and oxygen atoms in total. The standard InChI is InChI=1S/C27H40O/c1-18(2)7-6-8-19(3)23-11-12-24-22-10-9-20-17-21(28)13-15-26(20,4)25(22)14-16-27(23,24)5/h7,13,15,17,19,22-25H,6,8-12,14,16H2,1-5H3/t19-,22+,23-,24+,25+,26+,27-/m1/s1. The molecule has 0 radical (unpaired) electrons. The van der Waals surface area contributed by atoms with E-state index in [1.165, 1.54) is 56.1 Å². The summed E-state index contributed by atoms with van der Waals surface area (Å²) in [5.41, 5.74) is 3.57. The Morgan fingerprint density at radius 3 is 2.71 bits per heavy atom. The number of carbonyl (C=O) groups is 1. The smallest absolute Gasteiger partial charge is 0.178 e. The zero-order valence-corrected chi connectivity index (χ0v) is 18.8. The van der Waals surface area contributed by atoms with E-state index in [-0.39, 0.29) is 11.2 Å². The summed E-state index contributed by atoms with van der Waals surface area (Å²) in [4.78, 5) is 11.9. The van der Waals surface area contributed by atoms with Gasteiger partial charge in [-0.1, -0.05) is 44.1 Å². The van der Waals surface area contributed by atoms with E-state index in [0.29, 0.717) is 5.41 Å². The Labute approximate surface area is 172 Å². The lowest BCUT2D eigenvalue weighted by Crippen LogP contribution is -2.50. The average molecular weight is 381 g/mol. The van der Waals surface area contributed by atoms with Gasteiger partial charge in [-0.15, -0.1) is 0 Å². The van der Waals surface area contributed by atoms with Crippen LogP contribution < -0.4 is 0 Å². The van der Waals surface area contributed by atoms with Crippen molar-refractivity contribution >= 4 is 5.78 Å². The van der Waals surface area contributed by atoms with Crippen molar-refractivity contribution < 1.29 is 4.79 Å². The monoisotopic (exact) mass is 380 g/mol. The Balaban J connectivity index is 1.52. The predicted octanol–water partition coefficient (Wildman–Crippen LogP) is 7.29. The Morgan fingerprint density at radius 1 is 1.18 bits per heavy atom. The molecule has 7 atom stereocenters. The molecule has 0 saturated heterocycles. The van der Waals surface area contributed by atoms with Crippen LogP contribution in [0.2, 0.25) is 0 Å². The molecular formula is C27H40O. The number of hydrogen-bond donors (Lipinski definition) is 0. The zero-order chi connectivity index (χ0) is 20.1. The molecule has 4 aliphatic carbocycles. The third-order valence-electron chi connectivity index (χ3n) is 9.49. The Hall–Kier alpha value is -1.11. The van der Waals surface area contributed by atoms with Crippen molar-refractivity contribution in [3.05, 3.63) is 35.5 Å². The fourth-order valence-electron chi connectivity index (χ4n) is 8.01. The first-order chi connectivity index (χ1) is 13.3. The summed E-state index contributed by atoms with van der Waals surface area (Å²) >= 11 is 0. The fraction of sp³-hybridized carbons (Fsp3) is 0.741.